The third kappa shape index (κ3) is 7.74. The highest BCUT2D eigenvalue weighted by atomic mass is 32.1. The molecule has 1 aliphatic heterocycles. The van der Waals surface area contributed by atoms with Gasteiger partial charge >= 0.3 is 0 Å². The van der Waals surface area contributed by atoms with Crippen LogP contribution < -0.4 is 26.0 Å². The average molecular weight is 600 g/mol. The molecule has 1 aliphatic carbocycles. The van der Waals surface area contributed by atoms with E-state index >= 15 is 0 Å². The summed E-state index contributed by atoms with van der Waals surface area (Å²) in [5, 5.41) is 20.5. The molecule has 2 aliphatic rings. The lowest BCUT2D eigenvalue weighted by molar-refractivity contribution is -0.117. The molecule has 222 valence electrons. The number of piperidine rings is 1. The van der Waals surface area contributed by atoms with Gasteiger partial charge in [-0.2, -0.15) is 0 Å². The maximum Gasteiger partial charge on any atom is 0.272 e. The first-order chi connectivity index (χ1) is 20.5. The van der Waals surface area contributed by atoms with Gasteiger partial charge in [0, 0.05) is 24.6 Å². The molecule has 5 rings (SSSR count). The van der Waals surface area contributed by atoms with Crippen LogP contribution in [0.5, 0.6) is 5.75 Å². The molecular formula is C27H35B3N8O4S. The third-order valence-corrected chi connectivity index (χ3v) is 8.13. The molecule has 0 radical (unpaired) electrons. The highest BCUT2D eigenvalue weighted by Gasteiger charge is 2.30. The topological polar surface area (TPSA) is 150 Å². The van der Waals surface area contributed by atoms with Crippen LogP contribution in [0, 0.1) is 5.92 Å². The second-order valence-electron chi connectivity index (χ2n) is 12.1. The highest BCUT2D eigenvalue weighted by molar-refractivity contribution is 7.17. The fourth-order valence-corrected chi connectivity index (χ4v) is 5.74. The number of carbonyl (C=O) groups excluding carboxylic acids is 3. The maximum absolute atomic E-state index is 13.2. The van der Waals surface area contributed by atoms with E-state index in [0.717, 1.165) is 38.8 Å². The molecule has 1 atom stereocenters. The van der Waals surface area contributed by atoms with E-state index in [0.29, 0.717) is 32.6 Å². The van der Waals surface area contributed by atoms with Crippen molar-refractivity contribution in [2.45, 2.75) is 37.0 Å². The molecule has 2 fully saturated rings. The number of anilines is 3. The lowest BCUT2D eigenvalue weighted by Gasteiger charge is -2.29. The van der Waals surface area contributed by atoms with Gasteiger partial charge in [-0.3, -0.25) is 14.4 Å². The SMILES string of the molecule is BC(B)(B)NC(=O)c1nnc(NC(=O)C2CC2)cc1Nc1cccc(-c2ncc(C(=O)NC3CCCN(C)C3)s2)c1OC. The Bertz CT molecular complexity index is 1530. The molecule has 1 aromatic carbocycles. The zero-order valence-electron chi connectivity index (χ0n) is 25.1. The van der Waals surface area contributed by atoms with E-state index in [1.54, 1.807) is 25.4 Å². The Balaban J connectivity index is 1.42. The van der Waals surface area contributed by atoms with Crippen molar-refractivity contribution in [2.75, 3.05) is 37.9 Å². The number of nitrogens with zero attached hydrogens (tertiary/aromatic N) is 4. The summed E-state index contributed by atoms with van der Waals surface area (Å²) in [6.45, 7) is 1.86. The van der Waals surface area contributed by atoms with Gasteiger partial charge in [0.15, 0.2) is 17.3 Å². The van der Waals surface area contributed by atoms with Crippen molar-refractivity contribution < 1.29 is 19.1 Å². The summed E-state index contributed by atoms with van der Waals surface area (Å²) < 4.78 is 5.81. The van der Waals surface area contributed by atoms with Crippen LogP contribution in [0.1, 0.15) is 45.8 Å². The van der Waals surface area contributed by atoms with Gasteiger partial charge in [-0.15, -0.1) is 21.5 Å². The second kappa shape index (κ2) is 12.8. The number of amides is 3. The summed E-state index contributed by atoms with van der Waals surface area (Å²) in [5.41, 5.74) is 1.63. The predicted molar refractivity (Wildman–Crippen MR) is 175 cm³/mol. The Morgan fingerprint density at radius 1 is 1.09 bits per heavy atom. The molecule has 16 heteroatoms. The van der Waals surface area contributed by atoms with E-state index in [4.69, 9.17) is 4.74 Å². The van der Waals surface area contributed by atoms with Gasteiger partial charge in [-0.05, 0) is 56.6 Å². The Kier molecular flexibility index (Phi) is 9.07. The van der Waals surface area contributed by atoms with Crippen molar-refractivity contribution in [1.29, 1.82) is 0 Å². The highest BCUT2D eigenvalue weighted by Crippen LogP contribution is 2.40. The number of aromatic nitrogens is 3. The minimum absolute atomic E-state index is 0.0203. The number of thiazole rings is 1. The van der Waals surface area contributed by atoms with Crippen molar-refractivity contribution in [2.24, 2.45) is 5.92 Å². The van der Waals surface area contributed by atoms with E-state index in [2.05, 4.69) is 48.4 Å². The average Bonchev–Trinajstić information content (AvgIpc) is 3.68. The largest absolute Gasteiger partial charge is 0.494 e. The van der Waals surface area contributed by atoms with Crippen LogP contribution in [0.4, 0.5) is 17.2 Å². The van der Waals surface area contributed by atoms with Gasteiger partial charge in [0.25, 0.3) is 11.8 Å². The van der Waals surface area contributed by atoms with Crippen LogP contribution in [-0.2, 0) is 4.79 Å². The van der Waals surface area contributed by atoms with Crippen LogP contribution in [0.25, 0.3) is 10.6 Å². The number of likely N-dealkylation sites (tertiary alicyclic amines) is 1. The summed E-state index contributed by atoms with van der Waals surface area (Å²) in [7, 11) is 9.22. The molecule has 3 aromatic rings. The zero-order valence-corrected chi connectivity index (χ0v) is 25.9. The number of methoxy groups -OCH3 is 1. The standard InChI is InChI=1S/C27H35B3N8O4S/c1-38-10-4-5-15(13-38)32-24(40)19-12-31-26(43-19)16-6-3-7-17(22(16)42-2)33-18-11-20(34-23(39)14-8-9-14)36-37-21(18)25(41)35-27(28,29)30/h3,6-7,11-12,14-15H,4-5,8-10,13,28-30H2,1-2H3,(H,32,40)(H,35,41)(H2,33,34,36,39). The molecule has 1 unspecified atom stereocenters. The number of nitrogens with one attached hydrogen (secondary N) is 4. The third-order valence-electron chi connectivity index (χ3n) is 7.11. The molecule has 0 bridgehead atoms. The van der Waals surface area contributed by atoms with Crippen LogP contribution in [-0.4, -0.2) is 99.9 Å². The molecule has 2 aromatic heterocycles. The number of hydrogen-bond acceptors (Lipinski definition) is 10. The first-order valence-electron chi connectivity index (χ1n) is 14.4. The van der Waals surface area contributed by atoms with Gasteiger partial charge in [0.05, 0.1) is 30.2 Å². The van der Waals surface area contributed by atoms with Crippen LogP contribution in [0.2, 0.25) is 0 Å². The molecule has 3 heterocycles. The van der Waals surface area contributed by atoms with Crippen molar-refractivity contribution in [3.05, 3.63) is 41.0 Å². The molecule has 12 nitrogen and oxygen atoms in total. The summed E-state index contributed by atoms with van der Waals surface area (Å²) >= 11 is 1.28. The van der Waals surface area contributed by atoms with E-state index in [1.807, 2.05) is 35.7 Å². The van der Waals surface area contributed by atoms with E-state index in [9.17, 15) is 14.4 Å². The molecule has 1 saturated heterocycles. The van der Waals surface area contributed by atoms with Crippen LogP contribution in [0.3, 0.4) is 0 Å². The molecule has 4 N–H and O–H groups in total. The van der Waals surface area contributed by atoms with Gasteiger partial charge in [0.2, 0.25) is 5.91 Å². The van der Waals surface area contributed by atoms with Crippen LogP contribution in [0.15, 0.2) is 30.5 Å². The number of likely N-dealkylation sites (N-methyl/N-ethyl adjacent to an activating group) is 1. The van der Waals surface area contributed by atoms with E-state index in [-0.39, 0.29) is 35.3 Å². The van der Waals surface area contributed by atoms with Gasteiger partial charge < -0.3 is 30.9 Å². The lowest BCUT2D eigenvalue weighted by atomic mass is 9.49. The predicted octanol–water partition coefficient (Wildman–Crippen LogP) is -0.235. The quantitative estimate of drug-likeness (QED) is 0.232. The molecule has 0 spiro atoms. The summed E-state index contributed by atoms with van der Waals surface area (Å²) in [6.07, 6.45) is 5.27. The number of hydrogen-bond donors (Lipinski definition) is 4. The number of benzene rings is 1. The second-order valence-corrected chi connectivity index (χ2v) is 13.1. The van der Waals surface area contributed by atoms with Gasteiger partial charge in [0.1, 0.15) is 33.4 Å². The summed E-state index contributed by atoms with van der Waals surface area (Å²) in [4.78, 5) is 45.8. The zero-order chi connectivity index (χ0) is 30.7. The summed E-state index contributed by atoms with van der Waals surface area (Å²) in [5.74, 6) is 0.00802. The minimum atomic E-state index is -0.506. The molecule has 1 saturated carbocycles. The minimum Gasteiger partial charge on any atom is -0.494 e. The lowest BCUT2D eigenvalue weighted by Crippen LogP contribution is -2.50. The first kappa shape index (κ1) is 30.5. The smallest absolute Gasteiger partial charge is 0.272 e. The molecular weight excluding hydrogens is 565 g/mol. The number of carbonyl (C=O) groups is 3. The maximum atomic E-state index is 13.2. The Morgan fingerprint density at radius 3 is 2.58 bits per heavy atom. The van der Waals surface area contributed by atoms with Gasteiger partial charge in [-0.1, -0.05) is 6.07 Å². The fraction of sp³-hybridized carbons (Fsp3) is 0.407. The molecule has 43 heavy (non-hydrogen) atoms. The van der Waals surface area contributed by atoms with Crippen LogP contribution >= 0.6 is 11.3 Å². The van der Waals surface area contributed by atoms with E-state index < -0.39 is 11.1 Å². The normalized spacial score (nSPS) is 17.1. The van der Waals surface area contributed by atoms with Gasteiger partial charge in [-0.25, -0.2) is 4.98 Å². The summed E-state index contributed by atoms with van der Waals surface area (Å²) in [6, 6.07) is 7.19. The van der Waals surface area contributed by atoms with Crippen molar-refractivity contribution in [3.8, 4) is 16.3 Å². The molecule has 3 amide bonds. The van der Waals surface area contributed by atoms with E-state index in [1.165, 1.54) is 11.3 Å². The van der Waals surface area contributed by atoms with Crippen molar-refractivity contribution in [3.63, 3.8) is 0 Å². The Hall–Kier alpha value is -3.91. The number of rotatable bonds is 10. The number of para-hydroxylation sites is 1. The monoisotopic (exact) mass is 600 g/mol. The fourth-order valence-electron chi connectivity index (χ4n) is 4.90. The van der Waals surface area contributed by atoms with Crippen molar-refractivity contribution >= 4 is 69.8 Å². The van der Waals surface area contributed by atoms with Crippen molar-refractivity contribution in [1.82, 2.24) is 30.7 Å². The Labute approximate surface area is 257 Å². The Morgan fingerprint density at radius 2 is 1.88 bits per heavy atom. The first-order valence-corrected chi connectivity index (χ1v) is 15.2. The number of ether oxygens (including phenoxy) is 1.